The van der Waals surface area contributed by atoms with Crippen molar-refractivity contribution < 1.29 is 9.18 Å². The Morgan fingerprint density at radius 3 is 2.59 bits per heavy atom. The van der Waals surface area contributed by atoms with Gasteiger partial charge in [-0.3, -0.25) is 10.1 Å². The van der Waals surface area contributed by atoms with E-state index in [0.717, 1.165) is 9.13 Å². The number of carbonyl (C=O) groups is 1. The van der Waals surface area contributed by atoms with Crippen LogP contribution in [0.4, 0.5) is 10.1 Å². The molecular formula is C16H12FIN2OS. The van der Waals surface area contributed by atoms with Crippen molar-refractivity contribution in [3.05, 3.63) is 69.6 Å². The van der Waals surface area contributed by atoms with Crippen molar-refractivity contribution in [1.29, 1.82) is 0 Å². The van der Waals surface area contributed by atoms with E-state index >= 15 is 0 Å². The highest BCUT2D eigenvalue weighted by atomic mass is 127. The molecule has 3 nitrogen and oxygen atoms in total. The van der Waals surface area contributed by atoms with Crippen molar-refractivity contribution in [1.82, 2.24) is 5.32 Å². The summed E-state index contributed by atoms with van der Waals surface area (Å²) >= 11 is 7.00. The second-order valence-electron chi connectivity index (χ2n) is 4.31. The van der Waals surface area contributed by atoms with Gasteiger partial charge in [-0.2, -0.15) is 0 Å². The van der Waals surface area contributed by atoms with Crippen molar-refractivity contribution in [2.24, 2.45) is 0 Å². The number of nitrogens with one attached hydrogen (secondary N) is 2. The van der Waals surface area contributed by atoms with Crippen LogP contribution < -0.4 is 10.6 Å². The first-order valence-corrected chi connectivity index (χ1v) is 7.83. The molecule has 0 unspecified atom stereocenters. The largest absolute Gasteiger partial charge is 0.330 e. The zero-order valence-electron chi connectivity index (χ0n) is 11.3. The number of anilines is 1. The van der Waals surface area contributed by atoms with Crippen molar-refractivity contribution >= 4 is 57.6 Å². The second kappa shape index (κ2) is 8.00. The topological polar surface area (TPSA) is 41.1 Å². The maximum atomic E-state index is 13.7. The number of benzene rings is 2. The molecule has 0 radical (unpaired) electrons. The Morgan fingerprint density at radius 2 is 1.91 bits per heavy atom. The predicted octanol–water partition coefficient (Wildman–Crippen LogP) is 3.96. The number of thiocarbonyl (C=S) groups is 1. The Kier molecular flexibility index (Phi) is 6.02. The molecule has 0 fully saturated rings. The average Bonchev–Trinajstić information content (AvgIpc) is 2.49. The maximum Gasteiger partial charge on any atom is 0.250 e. The van der Waals surface area contributed by atoms with Gasteiger partial charge < -0.3 is 5.32 Å². The van der Waals surface area contributed by atoms with Crippen LogP contribution in [0.2, 0.25) is 0 Å². The second-order valence-corrected chi connectivity index (χ2v) is 5.97. The molecule has 22 heavy (non-hydrogen) atoms. The van der Waals surface area contributed by atoms with E-state index < -0.39 is 5.82 Å². The Hall–Kier alpha value is -1.80. The summed E-state index contributed by atoms with van der Waals surface area (Å²) in [6, 6.07) is 14.1. The smallest absolute Gasteiger partial charge is 0.250 e. The monoisotopic (exact) mass is 426 g/mol. The van der Waals surface area contributed by atoms with Crippen LogP contribution >= 0.6 is 34.8 Å². The average molecular weight is 426 g/mol. The van der Waals surface area contributed by atoms with Gasteiger partial charge in [0.2, 0.25) is 5.91 Å². The van der Waals surface area contributed by atoms with Gasteiger partial charge in [-0.25, -0.2) is 4.39 Å². The molecule has 0 spiro atoms. The van der Waals surface area contributed by atoms with Gasteiger partial charge in [0, 0.05) is 9.65 Å². The fourth-order valence-electron chi connectivity index (χ4n) is 1.63. The SMILES string of the molecule is O=C(/C=C/c1ccccc1)NC(=S)Nc1ccc(I)cc1F. The van der Waals surface area contributed by atoms with E-state index in [2.05, 4.69) is 10.6 Å². The third-order valence-corrected chi connectivity index (χ3v) is 3.52. The standard InChI is InChI=1S/C16H12FIN2OS/c17-13-10-12(18)7-8-14(13)19-16(22)20-15(21)9-6-11-4-2-1-3-5-11/h1-10H,(H2,19,20,21,22)/b9-6+. The van der Waals surface area contributed by atoms with E-state index in [1.807, 2.05) is 52.9 Å². The van der Waals surface area contributed by atoms with Crippen molar-refractivity contribution in [3.63, 3.8) is 0 Å². The van der Waals surface area contributed by atoms with Crippen molar-refractivity contribution in [3.8, 4) is 0 Å². The first kappa shape index (κ1) is 16.6. The van der Waals surface area contributed by atoms with E-state index in [4.69, 9.17) is 12.2 Å². The summed E-state index contributed by atoms with van der Waals surface area (Å²) in [6.45, 7) is 0. The minimum absolute atomic E-state index is 0.0443. The Morgan fingerprint density at radius 1 is 1.18 bits per heavy atom. The van der Waals surface area contributed by atoms with Gasteiger partial charge >= 0.3 is 0 Å². The lowest BCUT2D eigenvalue weighted by molar-refractivity contribution is -0.115. The molecule has 6 heteroatoms. The van der Waals surface area contributed by atoms with Crippen LogP contribution in [-0.4, -0.2) is 11.0 Å². The van der Waals surface area contributed by atoms with Gasteiger partial charge in [0.15, 0.2) is 5.11 Å². The van der Waals surface area contributed by atoms with Crippen molar-refractivity contribution in [2.45, 2.75) is 0 Å². The van der Waals surface area contributed by atoms with Gasteiger partial charge in [-0.15, -0.1) is 0 Å². The summed E-state index contributed by atoms with van der Waals surface area (Å²) in [5.74, 6) is -0.810. The maximum absolute atomic E-state index is 13.7. The van der Waals surface area contributed by atoms with Gasteiger partial charge in [0.1, 0.15) is 5.82 Å². The van der Waals surface area contributed by atoms with Crippen LogP contribution in [0.5, 0.6) is 0 Å². The molecular weight excluding hydrogens is 414 g/mol. The number of rotatable bonds is 3. The number of amides is 1. The fraction of sp³-hybridized carbons (Fsp3) is 0. The fourth-order valence-corrected chi connectivity index (χ4v) is 2.30. The lowest BCUT2D eigenvalue weighted by Gasteiger charge is -2.09. The molecule has 112 valence electrons. The van der Waals surface area contributed by atoms with Crippen LogP contribution in [0.3, 0.4) is 0 Å². The highest BCUT2D eigenvalue weighted by molar-refractivity contribution is 14.1. The molecule has 0 aliphatic carbocycles. The molecule has 0 bridgehead atoms. The Bertz CT molecular complexity index is 719. The lowest BCUT2D eigenvalue weighted by Crippen LogP contribution is -2.33. The number of halogens is 2. The first-order valence-electron chi connectivity index (χ1n) is 6.35. The number of hydrogen-bond donors (Lipinski definition) is 2. The molecule has 1 amide bonds. The Labute approximate surface area is 146 Å². The van der Waals surface area contributed by atoms with Crippen molar-refractivity contribution in [2.75, 3.05) is 5.32 Å². The summed E-state index contributed by atoms with van der Waals surface area (Å²) < 4.78 is 14.4. The summed E-state index contributed by atoms with van der Waals surface area (Å²) in [6.07, 6.45) is 3.04. The highest BCUT2D eigenvalue weighted by Crippen LogP contribution is 2.16. The minimum atomic E-state index is -0.427. The van der Waals surface area contributed by atoms with Gasteiger partial charge in [0.05, 0.1) is 5.69 Å². The van der Waals surface area contributed by atoms with Crippen LogP contribution in [-0.2, 0) is 4.79 Å². The summed E-state index contributed by atoms with van der Waals surface area (Å²) in [5.41, 5.74) is 1.12. The number of carbonyl (C=O) groups excluding carboxylic acids is 1. The summed E-state index contributed by atoms with van der Waals surface area (Å²) in [5, 5.41) is 5.16. The van der Waals surface area contributed by atoms with Crippen LogP contribution in [0, 0.1) is 9.39 Å². The minimum Gasteiger partial charge on any atom is -0.330 e. The zero-order valence-corrected chi connectivity index (χ0v) is 14.3. The van der Waals surface area contributed by atoms with E-state index in [0.29, 0.717) is 0 Å². The van der Waals surface area contributed by atoms with E-state index in [9.17, 15) is 9.18 Å². The quantitative estimate of drug-likeness (QED) is 0.444. The third kappa shape index (κ3) is 5.19. The molecule has 2 rings (SSSR count). The molecule has 0 aliphatic rings. The number of hydrogen-bond acceptors (Lipinski definition) is 2. The summed E-state index contributed by atoms with van der Waals surface area (Å²) in [7, 11) is 0. The van der Waals surface area contributed by atoms with Crippen LogP contribution in [0.15, 0.2) is 54.6 Å². The first-order chi connectivity index (χ1) is 10.5. The third-order valence-electron chi connectivity index (χ3n) is 2.64. The Balaban J connectivity index is 1.91. The van der Waals surface area contributed by atoms with Crippen LogP contribution in [0.1, 0.15) is 5.56 Å². The summed E-state index contributed by atoms with van der Waals surface area (Å²) in [4.78, 5) is 11.7. The van der Waals surface area contributed by atoms with E-state index in [-0.39, 0.29) is 16.7 Å². The van der Waals surface area contributed by atoms with E-state index in [1.54, 1.807) is 18.2 Å². The predicted molar refractivity (Wildman–Crippen MR) is 99.0 cm³/mol. The molecule has 0 heterocycles. The molecule has 2 aromatic carbocycles. The lowest BCUT2D eigenvalue weighted by atomic mass is 10.2. The van der Waals surface area contributed by atoms with E-state index in [1.165, 1.54) is 12.1 Å². The molecule has 2 N–H and O–H groups in total. The molecule has 0 aliphatic heterocycles. The zero-order chi connectivity index (χ0) is 15.9. The van der Waals surface area contributed by atoms with Gasteiger partial charge in [0.25, 0.3) is 0 Å². The van der Waals surface area contributed by atoms with Crippen LogP contribution in [0.25, 0.3) is 6.08 Å². The molecule has 0 atom stereocenters. The molecule has 0 aromatic heterocycles. The van der Waals surface area contributed by atoms with Gasteiger partial charge in [-0.1, -0.05) is 30.3 Å². The molecule has 0 saturated carbocycles. The van der Waals surface area contributed by atoms with Gasteiger partial charge in [-0.05, 0) is 64.6 Å². The normalized spacial score (nSPS) is 10.5. The highest BCUT2D eigenvalue weighted by Gasteiger charge is 2.06. The molecule has 2 aromatic rings. The molecule has 0 saturated heterocycles.